The molecule has 1 amide bonds. The molecule has 0 unspecified atom stereocenters. The molecule has 86 valence electrons. The zero-order valence-electron chi connectivity index (χ0n) is 8.40. The molecule has 0 atom stereocenters. The van der Waals surface area contributed by atoms with Crippen LogP contribution in [0.1, 0.15) is 16.8 Å². The van der Waals surface area contributed by atoms with Gasteiger partial charge in [0.15, 0.2) is 0 Å². The lowest BCUT2D eigenvalue weighted by molar-refractivity contribution is 0.0954. The smallest absolute Gasteiger partial charge is 0.252 e. The molecule has 5 heteroatoms. The Hall–Kier alpha value is -1.06. The number of hydrogen-bond acceptors (Lipinski definition) is 1. The van der Waals surface area contributed by atoms with Crippen LogP contribution >= 0.6 is 23.2 Å². The Morgan fingerprint density at radius 3 is 2.75 bits per heavy atom. The summed E-state index contributed by atoms with van der Waals surface area (Å²) in [6.45, 7) is 3.95. The number of hydrogen-bond donors (Lipinski definition) is 1. The third-order valence-corrected chi connectivity index (χ3v) is 2.49. The molecule has 0 saturated carbocycles. The highest BCUT2D eigenvalue weighted by Crippen LogP contribution is 2.24. The Labute approximate surface area is 103 Å². The molecule has 1 aromatic carbocycles. The summed E-state index contributed by atoms with van der Waals surface area (Å²) in [7, 11) is 0. The highest BCUT2D eigenvalue weighted by atomic mass is 35.5. The quantitative estimate of drug-likeness (QED) is 0.502. The van der Waals surface area contributed by atoms with Gasteiger partial charge in [-0.05, 0) is 18.6 Å². The van der Waals surface area contributed by atoms with E-state index in [0.717, 1.165) is 6.07 Å². The second-order valence-corrected chi connectivity index (χ2v) is 3.89. The van der Waals surface area contributed by atoms with Crippen LogP contribution in [-0.2, 0) is 0 Å². The minimum atomic E-state index is -0.667. The van der Waals surface area contributed by atoms with Crippen molar-refractivity contribution in [3.05, 3.63) is 46.2 Å². The van der Waals surface area contributed by atoms with Crippen molar-refractivity contribution in [3.8, 4) is 0 Å². The summed E-state index contributed by atoms with van der Waals surface area (Å²) in [5, 5.41) is 2.61. The topological polar surface area (TPSA) is 29.1 Å². The molecular formula is C11H10Cl2FNO. The maximum Gasteiger partial charge on any atom is 0.252 e. The summed E-state index contributed by atoms with van der Waals surface area (Å²) >= 11 is 11.3. The van der Waals surface area contributed by atoms with Crippen LogP contribution < -0.4 is 5.32 Å². The Bertz CT molecular complexity index is 421. The van der Waals surface area contributed by atoms with Crippen LogP contribution in [0.5, 0.6) is 0 Å². The molecule has 0 radical (unpaired) electrons. The summed E-state index contributed by atoms with van der Waals surface area (Å²) in [6, 6.07) is 2.23. The molecule has 0 aromatic heterocycles. The first-order valence-corrected chi connectivity index (χ1v) is 5.35. The number of carbonyl (C=O) groups excluding carboxylic acids is 1. The fourth-order valence-electron chi connectivity index (χ4n) is 1.08. The molecular weight excluding hydrogens is 252 g/mol. The first kappa shape index (κ1) is 13.0. The lowest BCUT2D eigenvalue weighted by Gasteiger charge is -2.06. The van der Waals surface area contributed by atoms with Gasteiger partial charge in [-0.15, -0.1) is 6.58 Å². The Balaban J connectivity index is 2.83. The van der Waals surface area contributed by atoms with E-state index in [-0.39, 0.29) is 15.6 Å². The van der Waals surface area contributed by atoms with Gasteiger partial charge in [-0.1, -0.05) is 29.3 Å². The van der Waals surface area contributed by atoms with Gasteiger partial charge < -0.3 is 5.32 Å². The molecule has 0 saturated heterocycles. The van der Waals surface area contributed by atoms with Crippen molar-refractivity contribution >= 4 is 29.1 Å². The molecule has 0 aliphatic carbocycles. The van der Waals surface area contributed by atoms with Gasteiger partial charge >= 0.3 is 0 Å². The highest BCUT2D eigenvalue weighted by Gasteiger charge is 2.13. The van der Waals surface area contributed by atoms with Crippen molar-refractivity contribution in [1.82, 2.24) is 5.32 Å². The summed E-state index contributed by atoms with van der Waals surface area (Å²) in [5.41, 5.74) is 0.0765. The van der Waals surface area contributed by atoms with Crippen LogP contribution in [0, 0.1) is 5.82 Å². The van der Waals surface area contributed by atoms with Gasteiger partial charge in [0.05, 0.1) is 15.6 Å². The van der Waals surface area contributed by atoms with Gasteiger partial charge in [-0.2, -0.15) is 0 Å². The van der Waals surface area contributed by atoms with E-state index in [0.29, 0.717) is 13.0 Å². The molecule has 0 heterocycles. The minimum Gasteiger partial charge on any atom is -0.352 e. The molecule has 2 nitrogen and oxygen atoms in total. The second-order valence-electron chi connectivity index (χ2n) is 3.08. The minimum absolute atomic E-state index is 0.0765. The van der Waals surface area contributed by atoms with Gasteiger partial charge in [0, 0.05) is 6.54 Å². The molecule has 0 spiro atoms. The van der Waals surface area contributed by atoms with Gasteiger partial charge in [0.2, 0.25) is 0 Å². The van der Waals surface area contributed by atoms with E-state index < -0.39 is 11.7 Å². The third-order valence-electron chi connectivity index (χ3n) is 1.89. The maximum atomic E-state index is 13.1. The van der Waals surface area contributed by atoms with Crippen molar-refractivity contribution in [3.63, 3.8) is 0 Å². The first-order chi connectivity index (χ1) is 7.56. The van der Waals surface area contributed by atoms with Crippen LogP contribution in [0.3, 0.4) is 0 Å². The average Bonchev–Trinajstić information content (AvgIpc) is 2.23. The van der Waals surface area contributed by atoms with Crippen LogP contribution in [0.4, 0.5) is 4.39 Å². The normalized spacial score (nSPS) is 9.94. The summed E-state index contributed by atoms with van der Waals surface area (Å²) < 4.78 is 13.1. The third kappa shape index (κ3) is 3.22. The van der Waals surface area contributed by atoms with E-state index in [9.17, 15) is 9.18 Å². The van der Waals surface area contributed by atoms with Gasteiger partial charge in [-0.3, -0.25) is 4.79 Å². The molecule has 0 bridgehead atoms. The lowest BCUT2D eigenvalue weighted by Crippen LogP contribution is -2.24. The van der Waals surface area contributed by atoms with Crippen LogP contribution in [0.25, 0.3) is 0 Å². The summed E-state index contributed by atoms with van der Waals surface area (Å²) in [4.78, 5) is 11.6. The largest absolute Gasteiger partial charge is 0.352 e. The molecule has 0 aliphatic heterocycles. The van der Waals surface area contributed by atoms with Crippen molar-refractivity contribution in [2.24, 2.45) is 0 Å². The molecule has 1 N–H and O–H groups in total. The van der Waals surface area contributed by atoms with E-state index in [1.54, 1.807) is 6.08 Å². The van der Waals surface area contributed by atoms with E-state index in [1.807, 2.05) is 0 Å². The fraction of sp³-hybridized carbons (Fsp3) is 0.182. The predicted molar refractivity (Wildman–Crippen MR) is 63.6 cm³/mol. The van der Waals surface area contributed by atoms with Crippen molar-refractivity contribution < 1.29 is 9.18 Å². The number of nitrogens with one attached hydrogen (secondary N) is 1. The summed E-state index contributed by atoms with van der Waals surface area (Å²) in [6.07, 6.45) is 2.31. The fourth-order valence-corrected chi connectivity index (χ4v) is 1.55. The van der Waals surface area contributed by atoms with E-state index in [2.05, 4.69) is 11.9 Å². The van der Waals surface area contributed by atoms with Gasteiger partial charge in [-0.25, -0.2) is 4.39 Å². The number of carbonyl (C=O) groups is 1. The zero-order valence-corrected chi connectivity index (χ0v) is 9.91. The molecule has 1 aromatic rings. The predicted octanol–water partition coefficient (Wildman–Crippen LogP) is 3.44. The Morgan fingerprint density at radius 1 is 1.44 bits per heavy atom. The highest BCUT2D eigenvalue weighted by molar-refractivity contribution is 6.36. The number of benzene rings is 1. The lowest BCUT2D eigenvalue weighted by atomic mass is 10.2. The summed E-state index contributed by atoms with van der Waals surface area (Å²) in [5.74, 6) is -1.10. The van der Waals surface area contributed by atoms with Crippen LogP contribution in [0.2, 0.25) is 10.0 Å². The van der Waals surface area contributed by atoms with E-state index >= 15 is 0 Å². The van der Waals surface area contributed by atoms with E-state index in [1.165, 1.54) is 6.07 Å². The Kier molecular flexibility index (Phi) is 4.77. The number of halogens is 3. The number of amides is 1. The van der Waals surface area contributed by atoms with Crippen molar-refractivity contribution in [1.29, 1.82) is 0 Å². The van der Waals surface area contributed by atoms with Crippen LogP contribution in [-0.4, -0.2) is 12.5 Å². The zero-order chi connectivity index (χ0) is 12.1. The molecule has 1 rings (SSSR count). The molecule has 16 heavy (non-hydrogen) atoms. The maximum absolute atomic E-state index is 13.1. The monoisotopic (exact) mass is 261 g/mol. The number of rotatable bonds is 4. The second kappa shape index (κ2) is 5.87. The van der Waals surface area contributed by atoms with Gasteiger partial charge in [0.25, 0.3) is 5.91 Å². The van der Waals surface area contributed by atoms with Crippen molar-refractivity contribution in [2.75, 3.05) is 6.54 Å². The standard InChI is InChI=1S/C11H10Cl2FNO/c1-2-3-4-15-11(16)7-5-10(14)9(13)6-8(7)12/h2,5-6H,1,3-4H2,(H,15,16). The van der Waals surface area contributed by atoms with Gasteiger partial charge in [0.1, 0.15) is 5.82 Å². The molecule has 0 fully saturated rings. The Morgan fingerprint density at radius 2 is 2.12 bits per heavy atom. The van der Waals surface area contributed by atoms with E-state index in [4.69, 9.17) is 23.2 Å². The average molecular weight is 262 g/mol. The van der Waals surface area contributed by atoms with Crippen LogP contribution in [0.15, 0.2) is 24.8 Å². The van der Waals surface area contributed by atoms with Crippen molar-refractivity contribution in [2.45, 2.75) is 6.42 Å². The first-order valence-electron chi connectivity index (χ1n) is 4.60. The SMILES string of the molecule is C=CCCNC(=O)c1cc(F)c(Cl)cc1Cl. The molecule has 0 aliphatic rings.